The molecule has 82 valence electrons. The first kappa shape index (κ1) is 10.2. The number of halogens is 1. The molecule has 1 aliphatic rings. The zero-order valence-corrected chi connectivity index (χ0v) is 8.63. The van der Waals surface area contributed by atoms with Gasteiger partial charge in [0.1, 0.15) is 19.0 Å². The first-order valence-corrected chi connectivity index (χ1v) is 5.02. The molecule has 0 fully saturated rings. The monoisotopic (exact) mass is 211 g/mol. The van der Waals surface area contributed by atoms with Crippen molar-refractivity contribution in [2.45, 2.75) is 12.8 Å². The SMILES string of the molecule is CC(CN)c1c(F)ccc2c1OCCO2. The second-order valence-electron chi connectivity index (χ2n) is 3.62. The molecule has 1 aromatic rings. The van der Waals surface area contributed by atoms with E-state index < -0.39 is 0 Å². The number of benzene rings is 1. The van der Waals surface area contributed by atoms with Gasteiger partial charge in [0.05, 0.1) is 0 Å². The Morgan fingerprint density at radius 2 is 2.13 bits per heavy atom. The summed E-state index contributed by atoms with van der Waals surface area (Å²) < 4.78 is 24.4. The summed E-state index contributed by atoms with van der Waals surface area (Å²) in [5, 5.41) is 0. The van der Waals surface area contributed by atoms with Gasteiger partial charge >= 0.3 is 0 Å². The molecular formula is C11H14FNO2. The van der Waals surface area contributed by atoms with Crippen LogP contribution in [0.15, 0.2) is 12.1 Å². The summed E-state index contributed by atoms with van der Waals surface area (Å²) in [6.07, 6.45) is 0. The summed E-state index contributed by atoms with van der Waals surface area (Å²) in [6.45, 7) is 3.23. The summed E-state index contributed by atoms with van der Waals surface area (Å²) in [5.74, 6) is 0.774. The van der Waals surface area contributed by atoms with Crippen LogP contribution in [0.5, 0.6) is 11.5 Å². The van der Waals surface area contributed by atoms with Gasteiger partial charge in [-0.05, 0) is 18.7 Å². The van der Waals surface area contributed by atoms with Gasteiger partial charge in [0, 0.05) is 11.5 Å². The number of nitrogens with two attached hydrogens (primary N) is 1. The summed E-state index contributed by atoms with van der Waals surface area (Å²) >= 11 is 0. The number of hydrogen-bond acceptors (Lipinski definition) is 3. The average molecular weight is 211 g/mol. The van der Waals surface area contributed by atoms with Gasteiger partial charge in [-0.25, -0.2) is 4.39 Å². The highest BCUT2D eigenvalue weighted by Crippen LogP contribution is 2.38. The molecule has 4 heteroatoms. The molecule has 0 aromatic heterocycles. The third-order valence-electron chi connectivity index (χ3n) is 2.54. The Labute approximate surface area is 88.0 Å². The molecule has 0 spiro atoms. The largest absolute Gasteiger partial charge is 0.486 e. The lowest BCUT2D eigenvalue weighted by atomic mass is 9.99. The summed E-state index contributed by atoms with van der Waals surface area (Å²) in [5.41, 5.74) is 6.07. The zero-order valence-electron chi connectivity index (χ0n) is 8.63. The van der Waals surface area contributed by atoms with Crippen LogP contribution in [-0.4, -0.2) is 19.8 Å². The zero-order chi connectivity index (χ0) is 10.8. The van der Waals surface area contributed by atoms with E-state index in [0.717, 1.165) is 0 Å². The van der Waals surface area contributed by atoms with Gasteiger partial charge in [0.2, 0.25) is 0 Å². The molecule has 2 N–H and O–H groups in total. The Bertz CT molecular complexity index is 368. The fourth-order valence-electron chi connectivity index (χ4n) is 1.69. The first-order valence-electron chi connectivity index (χ1n) is 5.02. The maximum Gasteiger partial charge on any atom is 0.167 e. The maximum atomic E-state index is 13.6. The number of fused-ring (bicyclic) bond motifs is 1. The highest BCUT2D eigenvalue weighted by molar-refractivity contribution is 5.49. The minimum Gasteiger partial charge on any atom is -0.486 e. The highest BCUT2D eigenvalue weighted by atomic mass is 19.1. The first-order chi connectivity index (χ1) is 7.24. The van der Waals surface area contributed by atoms with E-state index in [0.29, 0.717) is 36.8 Å². The van der Waals surface area contributed by atoms with E-state index in [1.54, 1.807) is 6.07 Å². The fourth-order valence-corrected chi connectivity index (χ4v) is 1.69. The fraction of sp³-hybridized carbons (Fsp3) is 0.455. The predicted molar refractivity (Wildman–Crippen MR) is 54.9 cm³/mol. The third-order valence-corrected chi connectivity index (χ3v) is 2.54. The highest BCUT2D eigenvalue weighted by Gasteiger charge is 2.22. The molecule has 0 radical (unpaired) electrons. The molecule has 1 aromatic carbocycles. The van der Waals surface area contributed by atoms with Crippen LogP contribution < -0.4 is 15.2 Å². The molecule has 1 aliphatic heterocycles. The number of hydrogen-bond donors (Lipinski definition) is 1. The van der Waals surface area contributed by atoms with Crippen molar-refractivity contribution in [1.82, 2.24) is 0 Å². The lowest BCUT2D eigenvalue weighted by Crippen LogP contribution is -2.19. The van der Waals surface area contributed by atoms with E-state index in [1.165, 1.54) is 6.07 Å². The van der Waals surface area contributed by atoms with E-state index >= 15 is 0 Å². The molecule has 1 heterocycles. The Morgan fingerprint density at radius 3 is 2.87 bits per heavy atom. The van der Waals surface area contributed by atoms with Crippen LogP contribution in [0.2, 0.25) is 0 Å². The predicted octanol–water partition coefficient (Wildman–Crippen LogP) is 1.66. The molecule has 15 heavy (non-hydrogen) atoms. The standard InChI is InChI=1S/C11H14FNO2/c1-7(6-13)10-8(12)2-3-9-11(10)15-5-4-14-9/h2-3,7H,4-6,13H2,1H3. The summed E-state index contributed by atoms with van der Waals surface area (Å²) in [7, 11) is 0. The average Bonchev–Trinajstić information content (AvgIpc) is 2.28. The maximum absolute atomic E-state index is 13.6. The van der Waals surface area contributed by atoms with E-state index in [-0.39, 0.29) is 11.7 Å². The van der Waals surface area contributed by atoms with Crippen molar-refractivity contribution in [1.29, 1.82) is 0 Å². The minimum absolute atomic E-state index is 0.0679. The van der Waals surface area contributed by atoms with Crippen molar-refractivity contribution < 1.29 is 13.9 Å². The molecular weight excluding hydrogens is 197 g/mol. The quantitative estimate of drug-likeness (QED) is 0.809. The Hall–Kier alpha value is -1.29. The lowest BCUT2D eigenvalue weighted by molar-refractivity contribution is 0.168. The number of rotatable bonds is 2. The lowest BCUT2D eigenvalue weighted by Gasteiger charge is -2.23. The van der Waals surface area contributed by atoms with Crippen LogP contribution in [0.25, 0.3) is 0 Å². The van der Waals surface area contributed by atoms with Gasteiger partial charge in [-0.1, -0.05) is 6.92 Å². The van der Waals surface area contributed by atoms with Crippen LogP contribution >= 0.6 is 0 Å². The molecule has 0 saturated heterocycles. The smallest absolute Gasteiger partial charge is 0.167 e. The normalized spacial score (nSPS) is 16.2. The summed E-state index contributed by atoms with van der Waals surface area (Å²) in [6, 6.07) is 2.99. The third kappa shape index (κ3) is 1.77. The van der Waals surface area contributed by atoms with Crippen molar-refractivity contribution in [3.63, 3.8) is 0 Å². The van der Waals surface area contributed by atoms with Gasteiger partial charge in [0.15, 0.2) is 11.5 Å². The van der Waals surface area contributed by atoms with Crippen LogP contribution in [0, 0.1) is 5.82 Å². The van der Waals surface area contributed by atoms with Crippen molar-refractivity contribution in [2.24, 2.45) is 5.73 Å². The molecule has 1 atom stereocenters. The van der Waals surface area contributed by atoms with Gasteiger partial charge in [-0.3, -0.25) is 0 Å². The molecule has 0 aliphatic carbocycles. The van der Waals surface area contributed by atoms with Crippen LogP contribution in [0.4, 0.5) is 4.39 Å². The van der Waals surface area contributed by atoms with Crippen molar-refractivity contribution in [3.8, 4) is 11.5 Å². The Kier molecular flexibility index (Phi) is 2.77. The summed E-state index contributed by atoms with van der Waals surface area (Å²) in [4.78, 5) is 0. The van der Waals surface area contributed by atoms with Crippen LogP contribution in [-0.2, 0) is 0 Å². The number of ether oxygens (including phenoxy) is 2. The topological polar surface area (TPSA) is 44.5 Å². The van der Waals surface area contributed by atoms with E-state index in [4.69, 9.17) is 15.2 Å². The van der Waals surface area contributed by atoms with Crippen molar-refractivity contribution in [2.75, 3.05) is 19.8 Å². The molecule has 0 bridgehead atoms. The van der Waals surface area contributed by atoms with E-state index in [1.807, 2.05) is 6.92 Å². The second-order valence-corrected chi connectivity index (χ2v) is 3.62. The second kappa shape index (κ2) is 4.06. The van der Waals surface area contributed by atoms with E-state index in [2.05, 4.69) is 0 Å². The van der Waals surface area contributed by atoms with Crippen LogP contribution in [0.3, 0.4) is 0 Å². The Morgan fingerprint density at radius 1 is 1.40 bits per heavy atom. The molecule has 3 nitrogen and oxygen atoms in total. The van der Waals surface area contributed by atoms with Gasteiger partial charge in [0.25, 0.3) is 0 Å². The van der Waals surface area contributed by atoms with Crippen molar-refractivity contribution in [3.05, 3.63) is 23.5 Å². The molecule has 0 amide bonds. The van der Waals surface area contributed by atoms with Gasteiger partial charge in [-0.15, -0.1) is 0 Å². The molecule has 1 unspecified atom stereocenters. The van der Waals surface area contributed by atoms with E-state index in [9.17, 15) is 4.39 Å². The minimum atomic E-state index is -0.280. The Balaban J connectivity index is 2.50. The van der Waals surface area contributed by atoms with Gasteiger partial charge < -0.3 is 15.2 Å². The van der Waals surface area contributed by atoms with Gasteiger partial charge in [-0.2, -0.15) is 0 Å². The molecule has 0 saturated carbocycles. The molecule has 2 rings (SSSR count). The van der Waals surface area contributed by atoms with Crippen molar-refractivity contribution >= 4 is 0 Å². The van der Waals surface area contributed by atoms with Crippen LogP contribution in [0.1, 0.15) is 18.4 Å².